The third kappa shape index (κ3) is 3.21. The second kappa shape index (κ2) is 6.50. The average Bonchev–Trinajstić information content (AvgIpc) is 2.28. The number of aliphatic hydroxyl groups excluding tert-OH is 1. The van der Waals surface area contributed by atoms with Gasteiger partial charge in [0.15, 0.2) is 16.7 Å². The first-order valence-corrected chi connectivity index (χ1v) is 5.52. The van der Waals surface area contributed by atoms with Gasteiger partial charge in [0.2, 0.25) is 0 Å². The number of aliphatic hydroxyl groups is 1. The van der Waals surface area contributed by atoms with E-state index in [9.17, 15) is 0 Å². The van der Waals surface area contributed by atoms with Crippen molar-refractivity contribution in [2.24, 2.45) is 0 Å². The molecule has 1 aromatic rings. The van der Waals surface area contributed by atoms with Crippen molar-refractivity contribution in [2.45, 2.75) is 25.8 Å². The lowest BCUT2D eigenvalue weighted by molar-refractivity contribution is 0.278. The molecule has 0 aromatic carbocycles. The van der Waals surface area contributed by atoms with Gasteiger partial charge in [0.05, 0.1) is 7.11 Å². The quantitative estimate of drug-likeness (QED) is 0.747. The normalized spacial score (nSPS) is 12.2. The van der Waals surface area contributed by atoms with Crippen molar-refractivity contribution in [1.29, 1.82) is 0 Å². The van der Waals surface area contributed by atoms with E-state index in [1.54, 1.807) is 0 Å². The second-order valence-electron chi connectivity index (χ2n) is 3.31. The number of halogens is 1. The fourth-order valence-electron chi connectivity index (χ4n) is 1.36. The number of ether oxygens (including phenoxy) is 1. The largest absolute Gasteiger partial charge is 0.490 e. The molecule has 0 spiro atoms. The first-order valence-electron chi connectivity index (χ1n) is 5.14. The molecule has 90 valence electrons. The van der Waals surface area contributed by atoms with Crippen LogP contribution >= 0.6 is 11.6 Å². The molecule has 16 heavy (non-hydrogen) atoms. The predicted molar refractivity (Wildman–Crippen MR) is 63.0 cm³/mol. The Morgan fingerprint density at radius 1 is 1.56 bits per heavy atom. The molecule has 0 aliphatic rings. The van der Waals surface area contributed by atoms with Crippen LogP contribution in [0.3, 0.4) is 0 Å². The van der Waals surface area contributed by atoms with Gasteiger partial charge in [-0.1, -0.05) is 18.5 Å². The highest BCUT2D eigenvalue weighted by Crippen LogP contribution is 2.29. The molecule has 0 aliphatic carbocycles. The minimum Gasteiger partial charge on any atom is -0.490 e. The summed E-state index contributed by atoms with van der Waals surface area (Å²) in [6.45, 7) is 2.16. The van der Waals surface area contributed by atoms with Gasteiger partial charge in [-0.15, -0.1) is 0 Å². The van der Waals surface area contributed by atoms with E-state index in [0.29, 0.717) is 18.0 Å². The number of anilines is 1. The van der Waals surface area contributed by atoms with Gasteiger partial charge in [0.1, 0.15) is 6.33 Å². The van der Waals surface area contributed by atoms with Crippen LogP contribution in [0.1, 0.15) is 19.8 Å². The van der Waals surface area contributed by atoms with Crippen molar-refractivity contribution >= 4 is 17.4 Å². The van der Waals surface area contributed by atoms with Crippen molar-refractivity contribution in [2.75, 3.05) is 19.0 Å². The summed E-state index contributed by atoms with van der Waals surface area (Å²) in [6, 6.07) is 0.143. The summed E-state index contributed by atoms with van der Waals surface area (Å²) in [6.07, 6.45) is 2.91. The third-order valence-electron chi connectivity index (χ3n) is 2.28. The number of rotatable bonds is 6. The molecule has 0 saturated carbocycles. The zero-order chi connectivity index (χ0) is 12.0. The fraction of sp³-hybridized carbons (Fsp3) is 0.600. The van der Waals surface area contributed by atoms with Crippen LogP contribution in [0.5, 0.6) is 5.75 Å². The molecule has 1 atom stereocenters. The number of hydrogen-bond acceptors (Lipinski definition) is 5. The second-order valence-corrected chi connectivity index (χ2v) is 3.67. The van der Waals surface area contributed by atoms with Gasteiger partial charge in [0, 0.05) is 12.6 Å². The van der Waals surface area contributed by atoms with Gasteiger partial charge in [-0.05, 0) is 12.8 Å². The van der Waals surface area contributed by atoms with Crippen molar-refractivity contribution in [3.63, 3.8) is 0 Å². The summed E-state index contributed by atoms with van der Waals surface area (Å²) in [7, 11) is 1.52. The summed E-state index contributed by atoms with van der Waals surface area (Å²) in [4.78, 5) is 7.90. The van der Waals surface area contributed by atoms with Crippen LogP contribution < -0.4 is 10.1 Å². The van der Waals surface area contributed by atoms with Crippen molar-refractivity contribution in [3.8, 4) is 5.75 Å². The molecule has 0 aliphatic heterocycles. The molecular formula is C10H16ClN3O2. The number of nitrogens with zero attached hydrogens (tertiary/aromatic N) is 2. The Kier molecular flexibility index (Phi) is 5.28. The Labute approximate surface area is 99.8 Å². The molecule has 5 nitrogen and oxygen atoms in total. The van der Waals surface area contributed by atoms with E-state index >= 15 is 0 Å². The van der Waals surface area contributed by atoms with E-state index in [2.05, 4.69) is 15.3 Å². The van der Waals surface area contributed by atoms with Crippen LogP contribution in [0.25, 0.3) is 0 Å². The Morgan fingerprint density at radius 3 is 2.88 bits per heavy atom. The minimum atomic E-state index is 0.132. The third-order valence-corrected chi connectivity index (χ3v) is 2.54. The lowest BCUT2D eigenvalue weighted by atomic mass is 10.1. The standard InChI is InChI=1S/C10H16ClN3O2/c1-3-7(4-5-15)14-10-8(16-2)9(11)12-6-13-10/h6-7,15H,3-5H2,1-2H3,(H,12,13,14). The van der Waals surface area contributed by atoms with E-state index in [-0.39, 0.29) is 17.8 Å². The van der Waals surface area contributed by atoms with Crippen LogP contribution in [0.4, 0.5) is 5.82 Å². The monoisotopic (exact) mass is 245 g/mol. The highest BCUT2D eigenvalue weighted by molar-refractivity contribution is 6.31. The average molecular weight is 246 g/mol. The van der Waals surface area contributed by atoms with Crippen LogP contribution in [-0.4, -0.2) is 34.8 Å². The number of methoxy groups -OCH3 is 1. The molecule has 0 bridgehead atoms. The molecule has 0 saturated heterocycles. The lowest BCUT2D eigenvalue weighted by Crippen LogP contribution is -2.21. The van der Waals surface area contributed by atoms with Crippen molar-refractivity contribution < 1.29 is 9.84 Å². The Bertz CT molecular complexity index is 336. The number of hydrogen-bond donors (Lipinski definition) is 2. The predicted octanol–water partition coefficient (Wildman–Crippen LogP) is 1.71. The molecule has 0 radical (unpaired) electrons. The topological polar surface area (TPSA) is 67.3 Å². The summed E-state index contributed by atoms with van der Waals surface area (Å²) >= 11 is 5.87. The zero-order valence-corrected chi connectivity index (χ0v) is 10.2. The molecule has 1 rings (SSSR count). The summed E-state index contributed by atoms with van der Waals surface area (Å²) in [5, 5.41) is 12.3. The Morgan fingerprint density at radius 2 is 2.31 bits per heavy atom. The fourth-order valence-corrected chi connectivity index (χ4v) is 1.57. The summed E-state index contributed by atoms with van der Waals surface area (Å²) in [5.41, 5.74) is 0. The van der Waals surface area contributed by atoms with Gasteiger partial charge in [-0.3, -0.25) is 0 Å². The van der Waals surface area contributed by atoms with Gasteiger partial charge < -0.3 is 15.2 Å². The van der Waals surface area contributed by atoms with Crippen LogP contribution in [-0.2, 0) is 0 Å². The first kappa shape index (κ1) is 13.0. The highest BCUT2D eigenvalue weighted by atomic mass is 35.5. The zero-order valence-electron chi connectivity index (χ0n) is 9.40. The van der Waals surface area contributed by atoms with Gasteiger partial charge >= 0.3 is 0 Å². The van der Waals surface area contributed by atoms with Gasteiger partial charge in [-0.25, -0.2) is 9.97 Å². The molecule has 0 fully saturated rings. The molecular weight excluding hydrogens is 230 g/mol. The van der Waals surface area contributed by atoms with Crippen molar-refractivity contribution in [3.05, 3.63) is 11.5 Å². The maximum absolute atomic E-state index is 8.90. The molecule has 2 N–H and O–H groups in total. The van der Waals surface area contributed by atoms with Gasteiger partial charge in [-0.2, -0.15) is 0 Å². The summed E-state index contributed by atoms with van der Waals surface area (Å²) < 4.78 is 5.12. The molecule has 1 heterocycles. The van der Waals surface area contributed by atoms with E-state index in [1.807, 2.05) is 6.92 Å². The van der Waals surface area contributed by atoms with Crippen LogP contribution in [0.15, 0.2) is 6.33 Å². The van der Waals surface area contributed by atoms with E-state index in [1.165, 1.54) is 13.4 Å². The first-order chi connectivity index (χ1) is 7.72. The Hall–Kier alpha value is -1.07. The van der Waals surface area contributed by atoms with E-state index in [4.69, 9.17) is 21.4 Å². The summed E-state index contributed by atoms with van der Waals surface area (Å²) in [5.74, 6) is 0.989. The maximum atomic E-state index is 8.90. The number of nitrogens with one attached hydrogen (secondary N) is 1. The van der Waals surface area contributed by atoms with E-state index < -0.39 is 0 Å². The highest BCUT2D eigenvalue weighted by Gasteiger charge is 2.13. The molecule has 0 amide bonds. The molecule has 1 aromatic heterocycles. The molecule has 1 unspecified atom stereocenters. The van der Waals surface area contributed by atoms with Crippen LogP contribution in [0, 0.1) is 0 Å². The molecule has 6 heteroatoms. The minimum absolute atomic E-state index is 0.132. The number of aromatic nitrogens is 2. The lowest BCUT2D eigenvalue weighted by Gasteiger charge is -2.18. The van der Waals surface area contributed by atoms with Crippen LogP contribution in [0.2, 0.25) is 5.15 Å². The maximum Gasteiger partial charge on any atom is 0.198 e. The van der Waals surface area contributed by atoms with Gasteiger partial charge in [0.25, 0.3) is 0 Å². The van der Waals surface area contributed by atoms with Crippen molar-refractivity contribution in [1.82, 2.24) is 9.97 Å². The SMILES string of the molecule is CCC(CCO)Nc1ncnc(Cl)c1OC. The smallest absolute Gasteiger partial charge is 0.198 e. The van der Waals surface area contributed by atoms with E-state index in [0.717, 1.165) is 6.42 Å². The Balaban J connectivity index is 2.82.